The van der Waals surface area contributed by atoms with Crippen LogP contribution in [0.25, 0.3) is 0 Å². The Morgan fingerprint density at radius 2 is 1.94 bits per heavy atom. The smallest absolute Gasteiger partial charge is 0.0933 e. The average molecular weight is 236 g/mol. The van der Waals surface area contributed by atoms with Crippen LogP contribution >= 0.6 is 0 Å². The monoisotopic (exact) mass is 236 g/mol. The van der Waals surface area contributed by atoms with Gasteiger partial charge in [0.2, 0.25) is 0 Å². The van der Waals surface area contributed by atoms with Crippen molar-refractivity contribution in [3.8, 4) is 0 Å². The molecule has 2 aliphatic heterocycles. The van der Waals surface area contributed by atoms with Crippen molar-refractivity contribution in [1.82, 2.24) is 0 Å². The number of ether oxygens (including phenoxy) is 1. The Morgan fingerprint density at radius 3 is 2.53 bits per heavy atom. The van der Waals surface area contributed by atoms with Crippen LogP contribution in [0.5, 0.6) is 0 Å². The van der Waals surface area contributed by atoms with E-state index in [0.717, 1.165) is 19.3 Å². The van der Waals surface area contributed by atoms with Gasteiger partial charge in [-0.3, -0.25) is 0 Å². The van der Waals surface area contributed by atoms with Crippen molar-refractivity contribution >= 4 is 0 Å². The first-order valence-electron chi connectivity index (χ1n) is 6.85. The van der Waals surface area contributed by atoms with Gasteiger partial charge in [-0.05, 0) is 48.7 Å². The van der Waals surface area contributed by atoms with Gasteiger partial charge in [-0.1, -0.05) is 27.7 Å². The van der Waals surface area contributed by atoms with E-state index in [1.54, 1.807) is 0 Å². The van der Waals surface area contributed by atoms with E-state index >= 15 is 0 Å². The van der Waals surface area contributed by atoms with Gasteiger partial charge in [0.15, 0.2) is 0 Å². The van der Waals surface area contributed by atoms with Crippen LogP contribution in [-0.2, 0) is 4.74 Å². The molecule has 0 saturated carbocycles. The quantitative estimate of drug-likeness (QED) is 0.709. The summed E-state index contributed by atoms with van der Waals surface area (Å²) < 4.78 is 6.41. The predicted octanol–water partition coefficient (Wildman–Crippen LogP) is 3.05. The molecule has 1 fully saturated rings. The lowest BCUT2D eigenvalue weighted by Gasteiger charge is -2.37. The van der Waals surface area contributed by atoms with Crippen molar-refractivity contribution in [3.63, 3.8) is 0 Å². The molecule has 0 radical (unpaired) electrons. The van der Waals surface area contributed by atoms with Gasteiger partial charge in [-0.15, -0.1) is 0 Å². The summed E-state index contributed by atoms with van der Waals surface area (Å²) in [5.41, 5.74) is 2.11. The fraction of sp³-hybridized carbons (Fsp3) is 0.867. The second-order valence-electron chi connectivity index (χ2n) is 7.37. The Morgan fingerprint density at radius 1 is 1.29 bits per heavy atom. The molecule has 3 atom stereocenters. The van der Waals surface area contributed by atoms with Crippen LogP contribution in [0, 0.1) is 11.3 Å². The van der Waals surface area contributed by atoms with Crippen molar-refractivity contribution in [2.45, 2.75) is 71.2 Å². The third-order valence-electron chi connectivity index (χ3n) is 5.23. The molecule has 0 aromatic rings. The highest BCUT2D eigenvalue weighted by molar-refractivity contribution is 5.47. The fourth-order valence-corrected chi connectivity index (χ4v) is 4.34. The number of fused-ring (bicyclic) bond motifs is 4. The highest BCUT2D eigenvalue weighted by Gasteiger charge is 2.65. The molecule has 2 heteroatoms. The van der Waals surface area contributed by atoms with Crippen molar-refractivity contribution in [1.29, 1.82) is 0 Å². The van der Waals surface area contributed by atoms with E-state index in [9.17, 15) is 5.11 Å². The summed E-state index contributed by atoms with van der Waals surface area (Å²) in [6, 6.07) is 0. The second-order valence-corrected chi connectivity index (χ2v) is 7.37. The Hall–Kier alpha value is -0.340. The third-order valence-corrected chi connectivity index (χ3v) is 5.23. The first-order valence-corrected chi connectivity index (χ1v) is 6.85. The van der Waals surface area contributed by atoms with Crippen molar-refractivity contribution < 1.29 is 9.84 Å². The van der Waals surface area contributed by atoms with Crippen LogP contribution in [0.3, 0.4) is 0 Å². The molecule has 3 aliphatic rings. The van der Waals surface area contributed by atoms with Crippen LogP contribution < -0.4 is 0 Å². The number of rotatable bonds is 1. The van der Waals surface area contributed by atoms with E-state index in [2.05, 4.69) is 27.7 Å². The molecule has 17 heavy (non-hydrogen) atoms. The Kier molecular flexibility index (Phi) is 2.05. The van der Waals surface area contributed by atoms with Crippen LogP contribution in [0.1, 0.15) is 53.9 Å². The summed E-state index contributed by atoms with van der Waals surface area (Å²) in [5.74, 6) is 0.494. The summed E-state index contributed by atoms with van der Waals surface area (Å²) in [5, 5.41) is 10.6. The number of hydrogen-bond donors (Lipinski definition) is 1. The third kappa shape index (κ3) is 1.23. The second kappa shape index (κ2) is 2.97. The molecule has 0 aromatic heterocycles. The summed E-state index contributed by atoms with van der Waals surface area (Å²) in [6.45, 7) is 11.0. The zero-order valence-electron chi connectivity index (χ0n) is 11.6. The summed E-state index contributed by atoms with van der Waals surface area (Å²) in [7, 11) is 0. The van der Waals surface area contributed by atoms with Crippen LogP contribution in [0.2, 0.25) is 0 Å². The number of hydrogen-bond acceptors (Lipinski definition) is 2. The molecule has 2 bridgehead atoms. The summed E-state index contributed by atoms with van der Waals surface area (Å²) >= 11 is 0. The van der Waals surface area contributed by atoms with E-state index in [0.29, 0.717) is 5.92 Å². The molecular weight excluding hydrogens is 212 g/mol. The normalized spacial score (nSPS) is 47.1. The highest BCUT2D eigenvalue weighted by atomic mass is 16.5. The maximum absolute atomic E-state index is 10.6. The van der Waals surface area contributed by atoms with Gasteiger partial charge in [0.25, 0.3) is 0 Å². The molecule has 2 heterocycles. The maximum Gasteiger partial charge on any atom is 0.0933 e. The molecule has 0 amide bonds. The van der Waals surface area contributed by atoms with Crippen molar-refractivity contribution in [3.05, 3.63) is 11.1 Å². The first-order chi connectivity index (χ1) is 7.71. The molecule has 1 saturated heterocycles. The SMILES string of the molecule is CC(C)[C@]12CC(C)(C)[C@H](O1)C1=C2CC[C@@]1(C)O. The topological polar surface area (TPSA) is 29.5 Å². The minimum atomic E-state index is -0.631. The molecule has 3 rings (SSSR count). The molecule has 0 unspecified atom stereocenters. The lowest BCUT2D eigenvalue weighted by atomic mass is 9.65. The van der Waals surface area contributed by atoms with Crippen LogP contribution in [0.4, 0.5) is 0 Å². The maximum atomic E-state index is 10.6. The van der Waals surface area contributed by atoms with Gasteiger partial charge in [0.05, 0.1) is 17.3 Å². The fourth-order valence-electron chi connectivity index (χ4n) is 4.34. The number of aliphatic hydroxyl groups is 1. The van der Waals surface area contributed by atoms with Gasteiger partial charge in [0, 0.05) is 0 Å². The summed E-state index contributed by atoms with van der Waals surface area (Å²) in [4.78, 5) is 0. The van der Waals surface area contributed by atoms with Gasteiger partial charge in [0.1, 0.15) is 0 Å². The molecular formula is C15H24O2. The van der Waals surface area contributed by atoms with Gasteiger partial charge >= 0.3 is 0 Å². The zero-order chi connectivity index (χ0) is 12.6. The Labute approximate surface area is 104 Å². The van der Waals surface area contributed by atoms with E-state index in [-0.39, 0.29) is 17.1 Å². The zero-order valence-corrected chi connectivity index (χ0v) is 11.6. The molecule has 0 aromatic carbocycles. The van der Waals surface area contributed by atoms with Gasteiger partial charge < -0.3 is 9.84 Å². The van der Waals surface area contributed by atoms with Gasteiger partial charge in [-0.2, -0.15) is 0 Å². The Bertz CT molecular complexity index is 403. The standard InChI is InChI=1S/C15H24O2/c1-9(2)15-8-13(3,4)12(17-15)11-10(15)6-7-14(11,5)16/h9,12,16H,6-8H2,1-5H3/t12-,14-,15+/m1/s1. The van der Waals surface area contributed by atoms with E-state index < -0.39 is 5.60 Å². The van der Waals surface area contributed by atoms with E-state index in [1.165, 1.54) is 11.1 Å². The predicted molar refractivity (Wildman–Crippen MR) is 67.7 cm³/mol. The lowest BCUT2D eigenvalue weighted by molar-refractivity contribution is -0.0341. The van der Waals surface area contributed by atoms with Crippen LogP contribution in [0.15, 0.2) is 11.1 Å². The van der Waals surface area contributed by atoms with E-state index in [1.807, 2.05) is 6.92 Å². The van der Waals surface area contributed by atoms with Crippen molar-refractivity contribution in [2.75, 3.05) is 0 Å². The largest absolute Gasteiger partial charge is 0.386 e. The Balaban J connectivity index is 2.16. The van der Waals surface area contributed by atoms with Gasteiger partial charge in [-0.25, -0.2) is 0 Å². The molecule has 1 N–H and O–H groups in total. The first kappa shape index (κ1) is 11.7. The molecule has 96 valence electrons. The molecule has 0 spiro atoms. The average Bonchev–Trinajstić information content (AvgIpc) is 2.73. The minimum Gasteiger partial charge on any atom is -0.386 e. The molecule has 2 nitrogen and oxygen atoms in total. The van der Waals surface area contributed by atoms with E-state index in [4.69, 9.17) is 4.74 Å². The van der Waals surface area contributed by atoms with Crippen LogP contribution in [-0.4, -0.2) is 22.4 Å². The minimum absolute atomic E-state index is 0.0794. The lowest BCUT2D eigenvalue weighted by Crippen LogP contribution is -2.39. The highest BCUT2D eigenvalue weighted by Crippen LogP contribution is 2.64. The summed E-state index contributed by atoms with van der Waals surface area (Å²) in [6.07, 6.45) is 3.14. The van der Waals surface area contributed by atoms with Crippen molar-refractivity contribution in [2.24, 2.45) is 11.3 Å². The molecule has 1 aliphatic carbocycles.